The summed E-state index contributed by atoms with van der Waals surface area (Å²) < 4.78 is 17.1. The lowest BCUT2D eigenvalue weighted by atomic mass is 10.0. The Morgan fingerprint density at radius 2 is 1.68 bits per heavy atom. The highest BCUT2D eigenvalue weighted by Gasteiger charge is 2.28. The standard InChI is InChI=1S/C31H30N2O4/c1-22-29(32-30(37-22)24-12-7-4-8-13-24)16-17-36-26-15-9-14-25(18-26)27-20-33(21-28(27)31(34)35-2)19-23-10-5-3-6-11-23/h3-15,18H,16-17,19-21H2,1-2H3. The van der Waals surface area contributed by atoms with Crippen LogP contribution in [0.15, 0.2) is 94.9 Å². The number of aromatic nitrogens is 1. The van der Waals surface area contributed by atoms with E-state index in [0.29, 0.717) is 37.6 Å². The minimum Gasteiger partial charge on any atom is -0.493 e. The summed E-state index contributed by atoms with van der Waals surface area (Å²) in [4.78, 5) is 19.5. The number of carbonyl (C=O) groups is 1. The third kappa shape index (κ3) is 5.81. The topological polar surface area (TPSA) is 64.8 Å². The van der Waals surface area contributed by atoms with Gasteiger partial charge in [-0.05, 0) is 47.9 Å². The normalized spacial score (nSPS) is 13.7. The zero-order valence-electron chi connectivity index (χ0n) is 21.1. The van der Waals surface area contributed by atoms with Crippen LogP contribution in [0.5, 0.6) is 5.75 Å². The van der Waals surface area contributed by atoms with E-state index in [2.05, 4.69) is 22.0 Å². The molecule has 1 aliphatic rings. The van der Waals surface area contributed by atoms with E-state index in [1.165, 1.54) is 12.7 Å². The molecule has 1 aromatic heterocycles. The SMILES string of the molecule is COC(=O)C1=C(c2cccc(OCCc3nc(-c4ccccc4)oc3C)c2)CN(Cc2ccccc2)C1. The number of benzene rings is 3. The Morgan fingerprint density at radius 1 is 0.946 bits per heavy atom. The van der Waals surface area contributed by atoms with Crippen molar-refractivity contribution in [2.75, 3.05) is 26.8 Å². The van der Waals surface area contributed by atoms with Crippen LogP contribution in [-0.4, -0.2) is 42.7 Å². The number of methoxy groups -OCH3 is 1. The number of hydrogen-bond acceptors (Lipinski definition) is 6. The molecule has 0 bridgehead atoms. The smallest absolute Gasteiger partial charge is 0.335 e. The lowest BCUT2D eigenvalue weighted by Crippen LogP contribution is -2.22. The van der Waals surface area contributed by atoms with E-state index < -0.39 is 0 Å². The summed E-state index contributed by atoms with van der Waals surface area (Å²) in [5.41, 5.74) is 5.70. The van der Waals surface area contributed by atoms with Gasteiger partial charge in [-0.3, -0.25) is 4.90 Å². The van der Waals surface area contributed by atoms with Crippen LogP contribution in [0, 0.1) is 6.92 Å². The molecule has 0 spiro atoms. The Morgan fingerprint density at radius 3 is 2.43 bits per heavy atom. The molecule has 2 heterocycles. The van der Waals surface area contributed by atoms with Crippen LogP contribution in [0.2, 0.25) is 0 Å². The summed E-state index contributed by atoms with van der Waals surface area (Å²) in [6.45, 7) is 4.38. The molecule has 6 nitrogen and oxygen atoms in total. The largest absolute Gasteiger partial charge is 0.493 e. The van der Waals surface area contributed by atoms with Crippen molar-refractivity contribution in [3.05, 3.63) is 113 Å². The molecule has 0 fully saturated rings. The van der Waals surface area contributed by atoms with Crippen LogP contribution < -0.4 is 4.74 Å². The molecule has 0 N–H and O–H groups in total. The highest BCUT2D eigenvalue weighted by atomic mass is 16.5. The zero-order chi connectivity index (χ0) is 25.6. The van der Waals surface area contributed by atoms with Crippen molar-refractivity contribution < 1.29 is 18.7 Å². The fraction of sp³-hybridized carbons (Fsp3) is 0.226. The fourth-order valence-electron chi connectivity index (χ4n) is 4.63. The highest BCUT2D eigenvalue weighted by Crippen LogP contribution is 2.31. The van der Waals surface area contributed by atoms with Crippen molar-refractivity contribution >= 4 is 11.5 Å². The maximum atomic E-state index is 12.6. The predicted octanol–water partition coefficient (Wildman–Crippen LogP) is 5.71. The van der Waals surface area contributed by atoms with Crippen LogP contribution in [0.25, 0.3) is 17.0 Å². The molecule has 0 saturated heterocycles. The van der Waals surface area contributed by atoms with Gasteiger partial charge in [-0.15, -0.1) is 0 Å². The van der Waals surface area contributed by atoms with Crippen molar-refractivity contribution in [1.29, 1.82) is 0 Å². The first kappa shape index (κ1) is 24.5. The molecule has 37 heavy (non-hydrogen) atoms. The Kier molecular flexibility index (Phi) is 7.47. The molecule has 5 rings (SSSR count). The van der Waals surface area contributed by atoms with Crippen LogP contribution >= 0.6 is 0 Å². The van der Waals surface area contributed by atoms with Gasteiger partial charge in [-0.1, -0.05) is 60.7 Å². The van der Waals surface area contributed by atoms with Gasteiger partial charge in [0.1, 0.15) is 11.5 Å². The molecule has 0 unspecified atom stereocenters. The monoisotopic (exact) mass is 494 g/mol. The summed E-state index contributed by atoms with van der Waals surface area (Å²) in [6, 6.07) is 28.1. The number of aryl methyl sites for hydroxylation is 1. The molecule has 0 amide bonds. The zero-order valence-corrected chi connectivity index (χ0v) is 21.1. The Hall–Kier alpha value is -4.16. The van der Waals surface area contributed by atoms with Gasteiger partial charge in [-0.2, -0.15) is 0 Å². The summed E-state index contributed by atoms with van der Waals surface area (Å²) in [5, 5.41) is 0. The molecule has 188 valence electrons. The molecule has 3 aromatic carbocycles. The van der Waals surface area contributed by atoms with Crippen molar-refractivity contribution in [3.63, 3.8) is 0 Å². The molecular weight excluding hydrogens is 464 g/mol. The van der Waals surface area contributed by atoms with Crippen molar-refractivity contribution in [1.82, 2.24) is 9.88 Å². The van der Waals surface area contributed by atoms with E-state index in [1.54, 1.807) is 0 Å². The average molecular weight is 495 g/mol. The van der Waals surface area contributed by atoms with E-state index in [0.717, 1.165) is 40.4 Å². The molecule has 0 aliphatic carbocycles. The molecule has 0 radical (unpaired) electrons. The number of ether oxygens (including phenoxy) is 2. The van der Waals surface area contributed by atoms with Gasteiger partial charge in [0.25, 0.3) is 0 Å². The van der Waals surface area contributed by atoms with Gasteiger partial charge in [0, 0.05) is 31.6 Å². The molecule has 0 atom stereocenters. The minimum atomic E-state index is -0.285. The van der Waals surface area contributed by atoms with Gasteiger partial charge in [-0.25, -0.2) is 9.78 Å². The van der Waals surface area contributed by atoms with Crippen molar-refractivity contribution in [2.24, 2.45) is 0 Å². The van der Waals surface area contributed by atoms with Gasteiger partial charge >= 0.3 is 5.97 Å². The van der Waals surface area contributed by atoms with Gasteiger partial charge in [0.2, 0.25) is 5.89 Å². The van der Waals surface area contributed by atoms with Crippen molar-refractivity contribution in [3.8, 4) is 17.2 Å². The third-order valence-corrected chi connectivity index (χ3v) is 6.51. The van der Waals surface area contributed by atoms with Crippen molar-refractivity contribution in [2.45, 2.75) is 19.9 Å². The predicted molar refractivity (Wildman–Crippen MR) is 143 cm³/mol. The van der Waals surface area contributed by atoms with Crippen LogP contribution in [-0.2, 0) is 22.5 Å². The molecular formula is C31H30N2O4. The lowest BCUT2D eigenvalue weighted by Gasteiger charge is -2.16. The van der Waals surface area contributed by atoms with Crippen LogP contribution in [0.3, 0.4) is 0 Å². The second-order valence-electron chi connectivity index (χ2n) is 9.09. The second kappa shape index (κ2) is 11.3. The number of carbonyl (C=O) groups excluding carboxylic acids is 1. The maximum absolute atomic E-state index is 12.6. The quantitative estimate of drug-likeness (QED) is 0.278. The molecule has 1 aliphatic heterocycles. The first-order valence-electron chi connectivity index (χ1n) is 12.4. The summed E-state index contributed by atoms with van der Waals surface area (Å²) in [6.07, 6.45) is 0.632. The number of esters is 1. The first-order chi connectivity index (χ1) is 18.1. The number of hydrogen-bond donors (Lipinski definition) is 0. The number of nitrogens with zero attached hydrogens (tertiary/aromatic N) is 2. The molecule has 6 heteroatoms. The maximum Gasteiger partial charge on any atom is 0.335 e. The number of oxazole rings is 1. The van der Waals surface area contributed by atoms with Crippen LogP contribution in [0.4, 0.5) is 0 Å². The van der Waals surface area contributed by atoms with Gasteiger partial charge < -0.3 is 13.9 Å². The van der Waals surface area contributed by atoms with E-state index in [4.69, 9.17) is 13.9 Å². The third-order valence-electron chi connectivity index (χ3n) is 6.51. The van der Waals surface area contributed by atoms with E-state index in [1.807, 2.05) is 79.7 Å². The fourth-order valence-corrected chi connectivity index (χ4v) is 4.63. The Labute approximate surface area is 217 Å². The summed E-state index contributed by atoms with van der Waals surface area (Å²) in [7, 11) is 1.43. The van der Waals surface area contributed by atoms with E-state index >= 15 is 0 Å². The Balaban J connectivity index is 1.26. The highest BCUT2D eigenvalue weighted by molar-refractivity contribution is 5.99. The van der Waals surface area contributed by atoms with E-state index in [9.17, 15) is 4.79 Å². The molecule has 4 aromatic rings. The lowest BCUT2D eigenvalue weighted by molar-refractivity contribution is -0.136. The Bertz CT molecular complexity index is 1390. The van der Waals surface area contributed by atoms with Gasteiger partial charge in [0.05, 0.1) is 25.0 Å². The first-order valence-corrected chi connectivity index (χ1v) is 12.4. The average Bonchev–Trinajstić information content (AvgIpc) is 3.53. The van der Waals surface area contributed by atoms with Gasteiger partial charge in [0.15, 0.2) is 0 Å². The second-order valence-corrected chi connectivity index (χ2v) is 9.09. The minimum absolute atomic E-state index is 0.285. The van der Waals surface area contributed by atoms with Crippen LogP contribution in [0.1, 0.15) is 22.6 Å². The summed E-state index contributed by atoms with van der Waals surface area (Å²) in [5.74, 6) is 1.89. The molecule has 0 saturated carbocycles. The number of rotatable bonds is 9. The van der Waals surface area contributed by atoms with E-state index in [-0.39, 0.29) is 5.97 Å². The summed E-state index contributed by atoms with van der Waals surface area (Å²) >= 11 is 0.